The first kappa shape index (κ1) is 25.1. The number of nitrogens with zero attached hydrogens (tertiary/aromatic N) is 4. The molecule has 0 radical (unpaired) electrons. The summed E-state index contributed by atoms with van der Waals surface area (Å²) in [7, 11) is 0. The number of carbonyl (C=O) groups excluding carboxylic acids is 1. The van der Waals surface area contributed by atoms with Crippen molar-refractivity contribution in [1.82, 2.24) is 19.7 Å². The first-order chi connectivity index (χ1) is 16.8. The van der Waals surface area contributed by atoms with Crippen molar-refractivity contribution in [2.75, 3.05) is 26.4 Å². The number of aromatic nitrogens is 3. The Morgan fingerprint density at radius 3 is 2.69 bits per heavy atom. The van der Waals surface area contributed by atoms with Crippen LogP contribution in [0.4, 0.5) is 9.18 Å². The summed E-state index contributed by atoms with van der Waals surface area (Å²) in [6.45, 7) is 4.53. The molecule has 1 saturated heterocycles. The minimum atomic E-state index is -1.16. The summed E-state index contributed by atoms with van der Waals surface area (Å²) in [5.74, 6) is -0.481. The standard InChI is InChI=1S/C25H29ClFN5O3/c1-16(2)21(25(14-33)15-35-11-10-31(25)24(28)34)23-29-22(19-12-18(26)8-9-20(19)27)30-32(23)13-17-6-4-3-5-7-17/h3-9,12,16,21,33H,10-11,13-15H2,1-2H3,(H2,28,34)/t21-,25?/m0/s1. The first-order valence-electron chi connectivity index (χ1n) is 11.5. The number of ether oxygens (including phenoxy) is 1. The second kappa shape index (κ2) is 10.3. The SMILES string of the molecule is CC(C)[C@@H](c1nc(-c2cc(Cl)ccc2F)nn1Cc1ccccc1)C1(CO)COCCN1C(N)=O. The fourth-order valence-electron chi connectivity index (χ4n) is 4.92. The van der Waals surface area contributed by atoms with Crippen LogP contribution < -0.4 is 5.73 Å². The number of morpholine rings is 1. The minimum absolute atomic E-state index is 0.0777. The molecule has 2 amide bonds. The molecule has 0 spiro atoms. The number of aliphatic hydroxyl groups excluding tert-OH is 1. The van der Waals surface area contributed by atoms with Crippen LogP contribution in [0.25, 0.3) is 11.4 Å². The number of aliphatic hydroxyl groups is 1. The van der Waals surface area contributed by atoms with Crippen LogP contribution in [0.15, 0.2) is 48.5 Å². The van der Waals surface area contributed by atoms with Crippen LogP contribution in [0.3, 0.4) is 0 Å². The number of carbonyl (C=O) groups is 1. The third-order valence-electron chi connectivity index (χ3n) is 6.46. The van der Waals surface area contributed by atoms with Gasteiger partial charge in [-0.25, -0.2) is 18.9 Å². The maximum absolute atomic E-state index is 14.8. The van der Waals surface area contributed by atoms with E-state index in [-0.39, 0.29) is 30.5 Å². The number of hydrogen-bond acceptors (Lipinski definition) is 5. The molecule has 8 nitrogen and oxygen atoms in total. The van der Waals surface area contributed by atoms with Crippen molar-refractivity contribution in [3.63, 3.8) is 0 Å². The molecule has 2 atom stereocenters. The number of rotatable bonds is 7. The lowest BCUT2D eigenvalue weighted by Crippen LogP contribution is -2.66. The Bertz CT molecular complexity index is 1190. The van der Waals surface area contributed by atoms with Crippen LogP contribution in [0.2, 0.25) is 5.02 Å². The molecule has 10 heteroatoms. The second-order valence-corrected chi connectivity index (χ2v) is 9.52. The van der Waals surface area contributed by atoms with Gasteiger partial charge in [0.25, 0.3) is 0 Å². The number of urea groups is 1. The Morgan fingerprint density at radius 2 is 2.03 bits per heavy atom. The molecule has 0 bridgehead atoms. The average Bonchev–Trinajstić information content (AvgIpc) is 3.23. The highest BCUT2D eigenvalue weighted by atomic mass is 35.5. The molecule has 1 fully saturated rings. The Labute approximate surface area is 208 Å². The molecule has 1 aromatic heterocycles. The summed E-state index contributed by atoms with van der Waals surface area (Å²) in [6.07, 6.45) is 0. The van der Waals surface area contributed by atoms with Crippen molar-refractivity contribution >= 4 is 17.6 Å². The summed E-state index contributed by atoms with van der Waals surface area (Å²) in [5.41, 5.74) is 5.71. The predicted molar refractivity (Wildman–Crippen MR) is 130 cm³/mol. The van der Waals surface area contributed by atoms with Gasteiger partial charge in [-0.2, -0.15) is 5.10 Å². The molecule has 1 unspecified atom stereocenters. The van der Waals surface area contributed by atoms with Gasteiger partial charge in [0, 0.05) is 17.5 Å². The molecule has 35 heavy (non-hydrogen) atoms. The van der Waals surface area contributed by atoms with Gasteiger partial charge in [-0.1, -0.05) is 55.8 Å². The molecule has 0 saturated carbocycles. The minimum Gasteiger partial charge on any atom is -0.394 e. The number of hydrogen-bond donors (Lipinski definition) is 2. The van der Waals surface area contributed by atoms with Gasteiger partial charge in [0.1, 0.15) is 17.2 Å². The number of nitrogens with two attached hydrogens (primary N) is 1. The van der Waals surface area contributed by atoms with Gasteiger partial charge in [-0.15, -0.1) is 0 Å². The van der Waals surface area contributed by atoms with E-state index in [1.807, 2.05) is 44.2 Å². The summed E-state index contributed by atoms with van der Waals surface area (Å²) in [4.78, 5) is 18.7. The zero-order chi connectivity index (χ0) is 25.2. The molecule has 2 heterocycles. The number of primary amides is 1. The van der Waals surface area contributed by atoms with Gasteiger partial charge >= 0.3 is 6.03 Å². The van der Waals surface area contributed by atoms with E-state index >= 15 is 0 Å². The zero-order valence-corrected chi connectivity index (χ0v) is 20.5. The van der Waals surface area contributed by atoms with Crippen LogP contribution in [-0.4, -0.2) is 62.7 Å². The lowest BCUT2D eigenvalue weighted by molar-refractivity contribution is -0.0894. The van der Waals surface area contributed by atoms with Crippen molar-refractivity contribution in [1.29, 1.82) is 0 Å². The average molecular weight is 502 g/mol. The second-order valence-electron chi connectivity index (χ2n) is 9.09. The fraction of sp³-hybridized carbons (Fsp3) is 0.400. The van der Waals surface area contributed by atoms with Crippen molar-refractivity contribution in [3.8, 4) is 11.4 Å². The van der Waals surface area contributed by atoms with Gasteiger partial charge in [0.05, 0.1) is 31.9 Å². The molecule has 3 N–H and O–H groups in total. The first-order valence-corrected chi connectivity index (χ1v) is 11.8. The molecule has 3 aromatic rings. The number of halogens is 2. The van der Waals surface area contributed by atoms with Crippen LogP contribution >= 0.6 is 11.6 Å². The molecule has 0 aliphatic carbocycles. The van der Waals surface area contributed by atoms with E-state index in [1.165, 1.54) is 23.1 Å². The van der Waals surface area contributed by atoms with E-state index in [0.717, 1.165) is 5.56 Å². The van der Waals surface area contributed by atoms with E-state index in [4.69, 9.17) is 27.1 Å². The van der Waals surface area contributed by atoms with Crippen LogP contribution in [-0.2, 0) is 11.3 Å². The van der Waals surface area contributed by atoms with Crippen molar-refractivity contribution in [2.45, 2.75) is 31.8 Å². The maximum atomic E-state index is 14.8. The van der Waals surface area contributed by atoms with Gasteiger partial charge < -0.3 is 20.5 Å². The maximum Gasteiger partial charge on any atom is 0.315 e. The molecule has 4 rings (SSSR count). The van der Waals surface area contributed by atoms with Crippen LogP contribution in [0, 0.1) is 11.7 Å². The Balaban J connectivity index is 1.91. The highest BCUT2D eigenvalue weighted by Gasteiger charge is 2.51. The van der Waals surface area contributed by atoms with E-state index in [9.17, 15) is 14.3 Å². The zero-order valence-electron chi connectivity index (χ0n) is 19.7. The van der Waals surface area contributed by atoms with Crippen molar-refractivity contribution in [3.05, 3.63) is 70.8 Å². The van der Waals surface area contributed by atoms with Gasteiger partial charge in [-0.05, 0) is 29.7 Å². The van der Waals surface area contributed by atoms with E-state index in [0.29, 0.717) is 24.0 Å². The highest BCUT2D eigenvalue weighted by Crippen LogP contribution is 2.41. The molecule has 2 aromatic carbocycles. The third kappa shape index (κ3) is 4.89. The summed E-state index contributed by atoms with van der Waals surface area (Å²) in [5, 5.41) is 15.7. The lowest BCUT2D eigenvalue weighted by atomic mass is 9.75. The van der Waals surface area contributed by atoms with E-state index in [2.05, 4.69) is 5.10 Å². The van der Waals surface area contributed by atoms with Gasteiger partial charge in [-0.3, -0.25) is 0 Å². The Morgan fingerprint density at radius 1 is 1.29 bits per heavy atom. The molecular formula is C25H29ClFN5O3. The number of amides is 2. The molecule has 1 aliphatic heterocycles. The quantitative estimate of drug-likeness (QED) is 0.513. The van der Waals surface area contributed by atoms with Crippen molar-refractivity contribution in [2.24, 2.45) is 11.7 Å². The van der Waals surface area contributed by atoms with Crippen LogP contribution in [0.5, 0.6) is 0 Å². The van der Waals surface area contributed by atoms with Crippen LogP contribution in [0.1, 0.15) is 31.2 Å². The normalized spacial score (nSPS) is 19.2. The summed E-state index contributed by atoms with van der Waals surface area (Å²) in [6, 6.07) is 13.2. The van der Waals surface area contributed by atoms with Gasteiger partial charge in [0.2, 0.25) is 0 Å². The highest BCUT2D eigenvalue weighted by molar-refractivity contribution is 6.30. The molecular weight excluding hydrogens is 473 g/mol. The topological polar surface area (TPSA) is 106 Å². The summed E-state index contributed by atoms with van der Waals surface area (Å²) >= 11 is 6.14. The third-order valence-corrected chi connectivity index (χ3v) is 6.69. The Hall–Kier alpha value is -3.01. The lowest BCUT2D eigenvalue weighted by Gasteiger charge is -2.50. The van der Waals surface area contributed by atoms with E-state index < -0.39 is 29.9 Å². The smallest absolute Gasteiger partial charge is 0.315 e. The fourth-order valence-corrected chi connectivity index (χ4v) is 5.09. The molecule has 186 valence electrons. The monoisotopic (exact) mass is 501 g/mol. The van der Waals surface area contributed by atoms with E-state index in [1.54, 1.807) is 4.68 Å². The number of benzene rings is 2. The summed E-state index contributed by atoms with van der Waals surface area (Å²) < 4.78 is 22.2. The Kier molecular flexibility index (Phi) is 7.39. The predicted octanol–water partition coefficient (Wildman–Crippen LogP) is 3.67. The molecule has 1 aliphatic rings. The van der Waals surface area contributed by atoms with Gasteiger partial charge in [0.15, 0.2) is 5.82 Å². The largest absolute Gasteiger partial charge is 0.394 e. The van der Waals surface area contributed by atoms with Crippen molar-refractivity contribution < 1.29 is 19.0 Å².